The molecule has 0 aliphatic heterocycles. The fourth-order valence-corrected chi connectivity index (χ4v) is 2.04. The molecule has 2 aromatic rings. The Morgan fingerprint density at radius 2 is 1.60 bits per heavy atom. The Bertz CT molecular complexity index is 579. The summed E-state index contributed by atoms with van der Waals surface area (Å²) in [6, 6.07) is 15.3. The van der Waals surface area contributed by atoms with Gasteiger partial charge in [0.1, 0.15) is 0 Å². The Balaban J connectivity index is 2.45. The molecule has 2 rings (SSSR count). The van der Waals surface area contributed by atoms with Crippen molar-refractivity contribution in [3.05, 3.63) is 59.7 Å². The Labute approximate surface area is 119 Å². The number of rotatable bonds is 6. The number of hydrogen-bond donors (Lipinski definition) is 1. The summed E-state index contributed by atoms with van der Waals surface area (Å²) in [7, 11) is 0. The van der Waals surface area contributed by atoms with Gasteiger partial charge in [0.05, 0.1) is 18.9 Å². The van der Waals surface area contributed by atoms with E-state index in [1.54, 1.807) is 0 Å². The minimum absolute atomic E-state index is 0.440. The topological polar surface area (TPSA) is 42.3 Å². The van der Waals surface area contributed by atoms with Crippen molar-refractivity contribution in [2.24, 2.45) is 0 Å². The molecule has 0 aromatic heterocycles. The minimum Gasteiger partial charge on any atom is -0.490 e. The molecule has 0 bridgehead atoms. The molecule has 0 radical (unpaired) electrons. The molecule has 2 aromatic carbocycles. The Kier molecular flexibility index (Phi) is 4.77. The van der Waals surface area contributed by atoms with Gasteiger partial charge in [-0.1, -0.05) is 36.4 Å². The average Bonchev–Trinajstić information content (AvgIpc) is 2.49. The lowest BCUT2D eigenvalue weighted by Crippen LogP contribution is -2.07. The molecule has 20 heavy (non-hydrogen) atoms. The molecule has 3 nitrogen and oxygen atoms in total. The van der Waals surface area contributed by atoms with E-state index in [0.717, 1.165) is 11.1 Å². The zero-order chi connectivity index (χ0) is 14.4. The lowest BCUT2D eigenvalue weighted by molar-refractivity contribution is 0.287. The molecule has 104 valence electrons. The van der Waals surface area contributed by atoms with Crippen molar-refractivity contribution in [3.63, 3.8) is 0 Å². The van der Waals surface area contributed by atoms with Crippen LogP contribution in [0.4, 0.5) is 0 Å². The molecule has 0 saturated carbocycles. The quantitative estimate of drug-likeness (QED) is 0.808. The molecule has 0 aliphatic carbocycles. The Morgan fingerprint density at radius 1 is 0.900 bits per heavy atom. The molecule has 0 unspecified atom stereocenters. The number of hydrogen-bond acceptors (Lipinski definition) is 3. The zero-order valence-electron chi connectivity index (χ0n) is 11.8. The van der Waals surface area contributed by atoms with Gasteiger partial charge in [-0.3, -0.25) is 5.41 Å². The maximum Gasteiger partial charge on any atom is 0.170 e. The molecule has 0 amide bonds. The second-order valence-electron chi connectivity index (χ2n) is 4.24. The SMILES string of the molecule is CCOc1cccc(C(=N)c2ccccc2)c1OCC. The monoisotopic (exact) mass is 269 g/mol. The highest BCUT2D eigenvalue weighted by Gasteiger charge is 2.15. The van der Waals surface area contributed by atoms with E-state index in [-0.39, 0.29) is 0 Å². The van der Waals surface area contributed by atoms with E-state index in [1.165, 1.54) is 0 Å². The second kappa shape index (κ2) is 6.75. The van der Waals surface area contributed by atoms with Crippen LogP contribution < -0.4 is 9.47 Å². The van der Waals surface area contributed by atoms with Crippen LogP contribution in [0.3, 0.4) is 0 Å². The largest absolute Gasteiger partial charge is 0.490 e. The van der Waals surface area contributed by atoms with Crippen LogP contribution in [0.5, 0.6) is 11.5 Å². The van der Waals surface area contributed by atoms with Crippen LogP contribution in [0.2, 0.25) is 0 Å². The van der Waals surface area contributed by atoms with E-state index in [0.29, 0.717) is 30.4 Å². The maximum atomic E-state index is 8.38. The number of para-hydroxylation sites is 1. The van der Waals surface area contributed by atoms with Gasteiger partial charge in [0.15, 0.2) is 11.5 Å². The van der Waals surface area contributed by atoms with E-state index in [9.17, 15) is 0 Å². The fraction of sp³-hybridized carbons (Fsp3) is 0.235. The van der Waals surface area contributed by atoms with Gasteiger partial charge in [0.25, 0.3) is 0 Å². The van der Waals surface area contributed by atoms with Crippen molar-refractivity contribution in [2.75, 3.05) is 13.2 Å². The van der Waals surface area contributed by atoms with Crippen LogP contribution in [0.25, 0.3) is 0 Å². The fourth-order valence-electron chi connectivity index (χ4n) is 2.04. The van der Waals surface area contributed by atoms with Crippen LogP contribution >= 0.6 is 0 Å². The smallest absolute Gasteiger partial charge is 0.170 e. The number of benzene rings is 2. The standard InChI is InChI=1S/C17H19NO2/c1-3-19-15-12-8-11-14(17(15)20-4-2)16(18)13-9-6-5-7-10-13/h5-12,18H,3-4H2,1-2H3. The van der Waals surface area contributed by atoms with Crippen LogP contribution in [0, 0.1) is 5.41 Å². The lowest BCUT2D eigenvalue weighted by Gasteiger charge is -2.15. The summed E-state index contributed by atoms with van der Waals surface area (Å²) in [5.74, 6) is 1.33. The summed E-state index contributed by atoms with van der Waals surface area (Å²) < 4.78 is 11.3. The molecule has 0 fully saturated rings. The third-order valence-electron chi connectivity index (χ3n) is 2.90. The predicted molar refractivity (Wildman–Crippen MR) is 81.2 cm³/mol. The molecule has 0 aliphatic rings. The highest BCUT2D eigenvalue weighted by atomic mass is 16.5. The van der Waals surface area contributed by atoms with Crippen molar-refractivity contribution in [1.82, 2.24) is 0 Å². The summed E-state index contributed by atoms with van der Waals surface area (Å²) in [6.45, 7) is 4.98. The van der Waals surface area contributed by atoms with Gasteiger partial charge in [0, 0.05) is 11.1 Å². The van der Waals surface area contributed by atoms with Gasteiger partial charge in [-0.25, -0.2) is 0 Å². The van der Waals surface area contributed by atoms with Crippen molar-refractivity contribution >= 4 is 5.71 Å². The van der Waals surface area contributed by atoms with Crippen LogP contribution in [-0.2, 0) is 0 Å². The van der Waals surface area contributed by atoms with Gasteiger partial charge < -0.3 is 9.47 Å². The minimum atomic E-state index is 0.440. The molecule has 3 heteroatoms. The summed E-state index contributed by atoms with van der Waals surface area (Å²) >= 11 is 0. The highest BCUT2D eigenvalue weighted by molar-refractivity contribution is 6.12. The molecular weight excluding hydrogens is 250 g/mol. The molecule has 1 N–H and O–H groups in total. The van der Waals surface area contributed by atoms with Crippen molar-refractivity contribution in [1.29, 1.82) is 5.41 Å². The van der Waals surface area contributed by atoms with Crippen molar-refractivity contribution < 1.29 is 9.47 Å². The van der Waals surface area contributed by atoms with E-state index in [1.807, 2.05) is 62.4 Å². The van der Waals surface area contributed by atoms with Gasteiger partial charge in [0.2, 0.25) is 0 Å². The van der Waals surface area contributed by atoms with Crippen molar-refractivity contribution in [3.8, 4) is 11.5 Å². The van der Waals surface area contributed by atoms with Gasteiger partial charge in [-0.2, -0.15) is 0 Å². The van der Waals surface area contributed by atoms with E-state index < -0.39 is 0 Å². The highest BCUT2D eigenvalue weighted by Crippen LogP contribution is 2.32. The molecule has 0 atom stereocenters. The third-order valence-corrected chi connectivity index (χ3v) is 2.90. The predicted octanol–water partition coefficient (Wildman–Crippen LogP) is 3.90. The van der Waals surface area contributed by atoms with E-state index in [4.69, 9.17) is 14.9 Å². The lowest BCUT2D eigenvalue weighted by atomic mass is 10.0. The Morgan fingerprint density at radius 3 is 2.25 bits per heavy atom. The van der Waals surface area contributed by atoms with E-state index in [2.05, 4.69) is 0 Å². The third kappa shape index (κ3) is 2.99. The molecule has 0 spiro atoms. The summed E-state index contributed by atoms with van der Waals surface area (Å²) in [5.41, 5.74) is 2.06. The first-order valence-corrected chi connectivity index (χ1v) is 6.80. The average molecular weight is 269 g/mol. The number of nitrogens with one attached hydrogen (secondary N) is 1. The molecule has 0 saturated heterocycles. The first-order valence-electron chi connectivity index (χ1n) is 6.80. The van der Waals surface area contributed by atoms with Gasteiger partial charge in [-0.15, -0.1) is 0 Å². The first kappa shape index (κ1) is 14.1. The first-order chi connectivity index (χ1) is 9.77. The summed E-state index contributed by atoms with van der Waals surface area (Å²) in [5, 5.41) is 8.38. The van der Waals surface area contributed by atoms with Crippen LogP contribution in [0.15, 0.2) is 48.5 Å². The normalized spacial score (nSPS) is 10.1. The van der Waals surface area contributed by atoms with Crippen LogP contribution in [0.1, 0.15) is 25.0 Å². The summed E-state index contributed by atoms with van der Waals surface area (Å²) in [4.78, 5) is 0. The second-order valence-corrected chi connectivity index (χ2v) is 4.24. The zero-order valence-corrected chi connectivity index (χ0v) is 11.8. The number of ether oxygens (including phenoxy) is 2. The van der Waals surface area contributed by atoms with Gasteiger partial charge in [-0.05, 0) is 26.0 Å². The Hall–Kier alpha value is -2.29. The maximum absolute atomic E-state index is 8.38. The molecular formula is C17H19NO2. The summed E-state index contributed by atoms with van der Waals surface area (Å²) in [6.07, 6.45) is 0. The van der Waals surface area contributed by atoms with Crippen molar-refractivity contribution in [2.45, 2.75) is 13.8 Å². The van der Waals surface area contributed by atoms with E-state index >= 15 is 0 Å². The van der Waals surface area contributed by atoms with Gasteiger partial charge >= 0.3 is 0 Å². The van der Waals surface area contributed by atoms with Crippen LogP contribution in [-0.4, -0.2) is 18.9 Å². The molecule has 0 heterocycles.